The number of hydrogen-bond donors (Lipinski definition) is 3. The molecule has 0 aliphatic heterocycles. The highest BCUT2D eigenvalue weighted by atomic mass is 19.1. The zero-order valence-electron chi connectivity index (χ0n) is 10.8. The van der Waals surface area contributed by atoms with Crippen LogP contribution in [0.5, 0.6) is 0 Å². The van der Waals surface area contributed by atoms with Gasteiger partial charge in [-0.05, 0) is 35.9 Å². The number of carbonyl (C=O) groups is 2. The van der Waals surface area contributed by atoms with E-state index in [4.69, 9.17) is 5.11 Å². The minimum Gasteiger partial charge on any atom is -0.478 e. The number of hydrogen-bond acceptors (Lipinski definition) is 3. The summed E-state index contributed by atoms with van der Waals surface area (Å²) in [4.78, 5) is 26.6. The third kappa shape index (κ3) is 4.00. The topological polar surface area (TPSA) is 91.3 Å². The van der Waals surface area contributed by atoms with Crippen molar-refractivity contribution >= 4 is 17.7 Å². The van der Waals surface area contributed by atoms with Crippen LogP contribution in [0.25, 0.3) is 0 Å². The van der Waals surface area contributed by atoms with Crippen molar-refractivity contribution in [2.45, 2.75) is 6.54 Å². The lowest BCUT2D eigenvalue weighted by molar-refractivity contribution is 0.0697. The smallest absolute Gasteiger partial charge is 0.337 e. The molecule has 0 aliphatic rings. The highest BCUT2D eigenvalue weighted by molar-refractivity contribution is 5.99. The quantitative estimate of drug-likeness (QED) is 0.805. The lowest BCUT2D eigenvalue weighted by Crippen LogP contribution is -2.29. The van der Waals surface area contributed by atoms with Gasteiger partial charge < -0.3 is 15.7 Å². The van der Waals surface area contributed by atoms with Crippen LogP contribution in [-0.2, 0) is 6.54 Å². The third-order valence-electron chi connectivity index (χ3n) is 2.66. The summed E-state index contributed by atoms with van der Waals surface area (Å²) in [5.74, 6) is -2.01. The Kier molecular flexibility index (Phi) is 4.45. The second kappa shape index (κ2) is 6.47. The molecule has 7 heteroatoms. The maximum absolute atomic E-state index is 13.0. The number of pyridine rings is 1. The molecule has 0 spiro atoms. The van der Waals surface area contributed by atoms with E-state index in [1.54, 1.807) is 24.5 Å². The van der Waals surface area contributed by atoms with Crippen molar-refractivity contribution < 1.29 is 19.1 Å². The first-order valence-corrected chi connectivity index (χ1v) is 6.03. The largest absolute Gasteiger partial charge is 0.478 e. The van der Waals surface area contributed by atoms with E-state index in [1.807, 2.05) is 0 Å². The average Bonchev–Trinajstić information content (AvgIpc) is 2.48. The Morgan fingerprint density at radius 3 is 2.57 bits per heavy atom. The van der Waals surface area contributed by atoms with E-state index >= 15 is 0 Å². The number of carboxylic acids is 1. The van der Waals surface area contributed by atoms with Gasteiger partial charge in [-0.15, -0.1) is 0 Å². The number of carbonyl (C=O) groups excluding carboxylic acids is 1. The Bertz CT molecular complexity index is 662. The standard InChI is InChI=1S/C14H12FN3O3/c15-10-1-2-12(11(7-10)13(19)20)18-14(21)17-8-9-3-5-16-6-4-9/h1-7H,8H2,(H,19,20)(H2,17,18,21). The summed E-state index contributed by atoms with van der Waals surface area (Å²) in [5.41, 5.74) is 0.558. The molecule has 108 valence electrons. The first-order valence-electron chi connectivity index (χ1n) is 6.03. The molecule has 0 fully saturated rings. The van der Waals surface area contributed by atoms with Crippen LogP contribution in [0, 0.1) is 5.82 Å². The number of benzene rings is 1. The monoisotopic (exact) mass is 289 g/mol. The van der Waals surface area contributed by atoms with Gasteiger partial charge in [0.25, 0.3) is 0 Å². The van der Waals surface area contributed by atoms with Crippen molar-refractivity contribution in [1.29, 1.82) is 0 Å². The predicted octanol–water partition coefficient (Wildman–Crippen LogP) is 2.24. The van der Waals surface area contributed by atoms with Crippen molar-refractivity contribution in [1.82, 2.24) is 10.3 Å². The number of amides is 2. The summed E-state index contributed by atoms with van der Waals surface area (Å²) in [6.45, 7) is 0.262. The predicted molar refractivity (Wildman–Crippen MR) is 73.5 cm³/mol. The number of halogens is 1. The van der Waals surface area contributed by atoms with Gasteiger partial charge >= 0.3 is 12.0 Å². The molecule has 2 amide bonds. The summed E-state index contributed by atoms with van der Waals surface area (Å²) in [7, 11) is 0. The molecule has 0 saturated carbocycles. The van der Waals surface area contributed by atoms with E-state index < -0.39 is 17.8 Å². The van der Waals surface area contributed by atoms with E-state index in [1.165, 1.54) is 6.07 Å². The van der Waals surface area contributed by atoms with E-state index in [-0.39, 0.29) is 17.8 Å². The number of anilines is 1. The van der Waals surface area contributed by atoms with E-state index in [9.17, 15) is 14.0 Å². The van der Waals surface area contributed by atoms with Gasteiger partial charge in [-0.25, -0.2) is 14.0 Å². The molecule has 3 N–H and O–H groups in total. The van der Waals surface area contributed by atoms with Crippen LogP contribution < -0.4 is 10.6 Å². The summed E-state index contributed by atoms with van der Waals surface area (Å²) >= 11 is 0. The summed E-state index contributed by atoms with van der Waals surface area (Å²) in [6.07, 6.45) is 3.19. The summed E-state index contributed by atoms with van der Waals surface area (Å²) in [6, 6.07) is 6.01. The maximum Gasteiger partial charge on any atom is 0.337 e. The van der Waals surface area contributed by atoms with Crippen LogP contribution in [0.4, 0.5) is 14.9 Å². The summed E-state index contributed by atoms with van der Waals surface area (Å²) in [5, 5.41) is 13.9. The molecule has 0 aliphatic carbocycles. The Morgan fingerprint density at radius 1 is 1.19 bits per heavy atom. The second-order valence-electron chi connectivity index (χ2n) is 4.16. The third-order valence-corrected chi connectivity index (χ3v) is 2.66. The molecule has 0 saturated heterocycles. The number of nitrogens with one attached hydrogen (secondary N) is 2. The van der Waals surface area contributed by atoms with Crippen molar-refractivity contribution in [2.75, 3.05) is 5.32 Å². The van der Waals surface area contributed by atoms with Crippen LogP contribution in [0.3, 0.4) is 0 Å². The van der Waals surface area contributed by atoms with Crippen molar-refractivity contribution in [3.63, 3.8) is 0 Å². The van der Waals surface area contributed by atoms with Crippen molar-refractivity contribution in [3.05, 3.63) is 59.7 Å². The molecule has 2 rings (SSSR count). The van der Waals surface area contributed by atoms with Gasteiger partial charge in [0.1, 0.15) is 5.82 Å². The Hall–Kier alpha value is -2.96. The molecular weight excluding hydrogens is 277 g/mol. The highest BCUT2D eigenvalue weighted by Crippen LogP contribution is 2.17. The van der Waals surface area contributed by atoms with Crippen LogP contribution in [0.2, 0.25) is 0 Å². The Morgan fingerprint density at radius 2 is 1.90 bits per heavy atom. The van der Waals surface area contributed by atoms with Gasteiger partial charge in [-0.1, -0.05) is 0 Å². The molecule has 1 aromatic carbocycles. The SMILES string of the molecule is O=C(NCc1ccncc1)Nc1ccc(F)cc1C(=O)O. The molecule has 1 heterocycles. The second-order valence-corrected chi connectivity index (χ2v) is 4.16. The Labute approximate surface area is 119 Å². The highest BCUT2D eigenvalue weighted by Gasteiger charge is 2.13. The molecule has 2 aromatic rings. The number of rotatable bonds is 4. The number of aromatic carboxylic acids is 1. The zero-order chi connectivity index (χ0) is 15.2. The molecule has 0 bridgehead atoms. The van der Waals surface area contributed by atoms with E-state index in [0.29, 0.717) is 0 Å². The lowest BCUT2D eigenvalue weighted by atomic mass is 10.1. The molecule has 0 atom stereocenters. The van der Waals surface area contributed by atoms with Gasteiger partial charge in [0, 0.05) is 18.9 Å². The molecule has 6 nitrogen and oxygen atoms in total. The van der Waals surface area contributed by atoms with Gasteiger partial charge in [-0.2, -0.15) is 0 Å². The van der Waals surface area contributed by atoms with E-state index in [2.05, 4.69) is 15.6 Å². The first-order chi connectivity index (χ1) is 10.1. The van der Waals surface area contributed by atoms with Gasteiger partial charge in [0.2, 0.25) is 0 Å². The van der Waals surface area contributed by atoms with E-state index in [0.717, 1.165) is 17.7 Å². The van der Waals surface area contributed by atoms with Crippen molar-refractivity contribution in [3.8, 4) is 0 Å². The fourth-order valence-corrected chi connectivity index (χ4v) is 1.65. The molecule has 0 unspecified atom stereocenters. The molecule has 0 radical (unpaired) electrons. The maximum atomic E-state index is 13.0. The van der Waals surface area contributed by atoms with Crippen molar-refractivity contribution in [2.24, 2.45) is 0 Å². The fourth-order valence-electron chi connectivity index (χ4n) is 1.65. The van der Waals surface area contributed by atoms with Crippen LogP contribution >= 0.6 is 0 Å². The minimum absolute atomic E-state index is 0.0242. The fraction of sp³-hybridized carbons (Fsp3) is 0.0714. The normalized spacial score (nSPS) is 9.95. The molecule has 1 aromatic heterocycles. The molecule has 21 heavy (non-hydrogen) atoms. The minimum atomic E-state index is -1.32. The summed E-state index contributed by atoms with van der Waals surface area (Å²) < 4.78 is 13.0. The zero-order valence-corrected chi connectivity index (χ0v) is 10.8. The number of nitrogens with zero attached hydrogens (tertiary/aromatic N) is 1. The van der Waals surface area contributed by atoms with Gasteiger partial charge in [0.15, 0.2) is 0 Å². The number of aromatic nitrogens is 1. The van der Waals surface area contributed by atoms with Gasteiger partial charge in [-0.3, -0.25) is 4.98 Å². The number of carboxylic acid groups (broad SMARTS) is 1. The van der Waals surface area contributed by atoms with Crippen LogP contribution in [0.15, 0.2) is 42.7 Å². The van der Waals surface area contributed by atoms with Crippen LogP contribution in [-0.4, -0.2) is 22.1 Å². The first kappa shape index (κ1) is 14.4. The molecular formula is C14H12FN3O3. The average molecular weight is 289 g/mol. The van der Waals surface area contributed by atoms with Crippen LogP contribution in [0.1, 0.15) is 15.9 Å². The Balaban J connectivity index is 2.01. The van der Waals surface area contributed by atoms with Gasteiger partial charge in [0.05, 0.1) is 11.3 Å². The number of urea groups is 1. The lowest BCUT2D eigenvalue weighted by Gasteiger charge is -2.10.